The standard InChI is InChI=1S/C11H10F3NO3/c12-11(13,14)10(17)15-6-9(16)18-7-8-4-2-1-3-5-8/h1-5H,6-7H2,(H,15,17). The molecular weight excluding hydrogens is 251 g/mol. The molecule has 0 saturated heterocycles. The quantitative estimate of drug-likeness (QED) is 0.834. The number of carbonyl (C=O) groups is 2. The van der Waals surface area contributed by atoms with E-state index in [0.717, 1.165) is 0 Å². The summed E-state index contributed by atoms with van der Waals surface area (Å²) in [6, 6.07) is 8.63. The van der Waals surface area contributed by atoms with Crippen LogP contribution in [0.1, 0.15) is 5.56 Å². The third-order valence-corrected chi connectivity index (χ3v) is 1.89. The lowest BCUT2D eigenvalue weighted by molar-refractivity contribution is -0.174. The Morgan fingerprint density at radius 1 is 1.17 bits per heavy atom. The van der Waals surface area contributed by atoms with Gasteiger partial charge in [0.05, 0.1) is 0 Å². The summed E-state index contributed by atoms with van der Waals surface area (Å²) in [6.07, 6.45) is -5.00. The molecule has 0 bridgehead atoms. The molecule has 0 aliphatic heterocycles. The van der Waals surface area contributed by atoms with Crippen molar-refractivity contribution in [3.63, 3.8) is 0 Å². The highest BCUT2D eigenvalue weighted by molar-refractivity contribution is 5.85. The number of rotatable bonds is 4. The molecule has 1 N–H and O–H groups in total. The average molecular weight is 261 g/mol. The van der Waals surface area contributed by atoms with Crippen LogP contribution in [0.15, 0.2) is 30.3 Å². The third-order valence-electron chi connectivity index (χ3n) is 1.89. The summed E-state index contributed by atoms with van der Waals surface area (Å²) in [5, 5.41) is 1.42. The molecule has 1 amide bonds. The van der Waals surface area contributed by atoms with Gasteiger partial charge in [0.25, 0.3) is 0 Å². The first-order valence-corrected chi connectivity index (χ1v) is 4.94. The van der Waals surface area contributed by atoms with Crippen molar-refractivity contribution < 1.29 is 27.5 Å². The number of carbonyl (C=O) groups excluding carboxylic acids is 2. The summed E-state index contributed by atoms with van der Waals surface area (Å²) >= 11 is 0. The van der Waals surface area contributed by atoms with E-state index in [1.807, 2.05) is 0 Å². The minimum Gasteiger partial charge on any atom is -0.460 e. The van der Waals surface area contributed by atoms with Crippen molar-refractivity contribution in [3.8, 4) is 0 Å². The van der Waals surface area contributed by atoms with Crippen LogP contribution < -0.4 is 5.32 Å². The van der Waals surface area contributed by atoms with Gasteiger partial charge in [-0.2, -0.15) is 13.2 Å². The van der Waals surface area contributed by atoms with Gasteiger partial charge in [-0.1, -0.05) is 30.3 Å². The van der Waals surface area contributed by atoms with E-state index in [0.29, 0.717) is 5.56 Å². The van der Waals surface area contributed by atoms with Gasteiger partial charge in [0, 0.05) is 0 Å². The van der Waals surface area contributed by atoms with Crippen LogP contribution in [0.2, 0.25) is 0 Å². The normalized spacial score (nSPS) is 10.8. The summed E-state index contributed by atoms with van der Waals surface area (Å²) in [5.41, 5.74) is 0.702. The topological polar surface area (TPSA) is 55.4 Å². The van der Waals surface area contributed by atoms with E-state index in [9.17, 15) is 22.8 Å². The molecule has 18 heavy (non-hydrogen) atoms. The van der Waals surface area contributed by atoms with E-state index in [1.165, 1.54) is 5.32 Å². The van der Waals surface area contributed by atoms with Crippen molar-refractivity contribution in [2.24, 2.45) is 0 Å². The number of alkyl halides is 3. The fourth-order valence-electron chi connectivity index (χ4n) is 1.04. The lowest BCUT2D eigenvalue weighted by Crippen LogP contribution is -2.39. The first-order valence-electron chi connectivity index (χ1n) is 4.94. The lowest BCUT2D eigenvalue weighted by atomic mass is 10.2. The molecule has 98 valence electrons. The summed E-state index contributed by atoms with van der Waals surface area (Å²) in [6.45, 7) is -0.868. The van der Waals surface area contributed by atoms with E-state index in [2.05, 4.69) is 4.74 Å². The Hall–Kier alpha value is -2.05. The lowest BCUT2D eigenvalue weighted by Gasteiger charge is -2.08. The number of halogens is 3. The largest absolute Gasteiger partial charge is 0.471 e. The minimum atomic E-state index is -5.00. The summed E-state index contributed by atoms with van der Waals surface area (Å²) in [5.74, 6) is -3.10. The first kappa shape index (κ1) is 14.0. The Bertz CT molecular complexity index is 417. The SMILES string of the molecule is O=C(CNC(=O)C(F)(F)F)OCc1ccccc1. The van der Waals surface area contributed by atoms with Crippen LogP contribution in [-0.4, -0.2) is 24.6 Å². The van der Waals surface area contributed by atoms with Gasteiger partial charge in [0.1, 0.15) is 13.2 Å². The number of esters is 1. The van der Waals surface area contributed by atoms with Gasteiger partial charge in [-0.15, -0.1) is 0 Å². The molecule has 1 aromatic carbocycles. The number of amides is 1. The van der Waals surface area contributed by atoms with Crippen LogP contribution in [-0.2, 0) is 20.9 Å². The second-order valence-corrected chi connectivity index (χ2v) is 3.33. The Morgan fingerprint density at radius 3 is 2.33 bits per heavy atom. The molecule has 0 unspecified atom stereocenters. The molecule has 4 nitrogen and oxygen atoms in total. The maximum absolute atomic E-state index is 11.8. The molecule has 0 saturated carbocycles. The van der Waals surface area contributed by atoms with Crippen LogP contribution in [0.25, 0.3) is 0 Å². The molecular formula is C11H10F3NO3. The van der Waals surface area contributed by atoms with Crippen LogP contribution in [0.3, 0.4) is 0 Å². The van der Waals surface area contributed by atoms with Gasteiger partial charge in [0.15, 0.2) is 0 Å². The van der Waals surface area contributed by atoms with Crippen molar-refractivity contribution in [3.05, 3.63) is 35.9 Å². The van der Waals surface area contributed by atoms with E-state index >= 15 is 0 Å². The molecule has 0 radical (unpaired) electrons. The predicted molar refractivity (Wildman–Crippen MR) is 55.3 cm³/mol. The Kier molecular flexibility index (Phi) is 4.70. The van der Waals surface area contributed by atoms with Crippen LogP contribution in [0.4, 0.5) is 13.2 Å². The molecule has 7 heteroatoms. The predicted octanol–water partition coefficient (Wildman–Crippen LogP) is 1.41. The van der Waals surface area contributed by atoms with Crippen molar-refractivity contribution in [1.29, 1.82) is 0 Å². The van der Waals surface area contributed by atoms with Crippen molar-refractivity contribution in [1.82, 2.24) is 5.32 Å². The highest BCUT2D eigenvalue weighted by Gasteiger charge is 2.38. The smallest absolute Gasteiger partial charge is 0.460 e. The van der Waals surface area contributed by atoms with Gasteiger partial charge in [-0.25, -0.2) is 0 Å². The van der Waals surface area contributed by atoms with Crippen molar-refractivity contribution >= 4 is 11.9 Å². The Morgan fingerprint density at radius 2 is 1.78 bits per heavy atom. The number of hydrogen-bond donors (Lipinski definition) is 1. The van der Waals surface area contributed by atoms with Gasteiger partial charge in [-0.3, -0.25) is 9.59 Å². The van der Waals surface area contributed by atoms with E-state index < -0.39 is 24.6 Å². The number of benzene rings is 1. The molecule has 0 heterocycles. The van der Waals surface area contributed by atoms with Crippen LogP contribution in [0, 0.1) is 0 Å². The first-order chi connectivity index (χ1) is 8.39. The number of ether oxygens (including phenoxy) is 1. The fraction of sp³-hybridized carbons (Fsp3) is 0.273. The van der Waals surface area contributed by atoms with Gasteiger partial charge in [-0.05, 0) is 5.56 Å². The molecule has 0 aliphatic rings. The second-order valence-electron chi connectivity index (χ2n) is 3.33. The highest BCUT2D eigenvalue weighted by atomic mass is 19.4. The molecule has 0 spiro atoms. The Balaban J connectivity index is 2.29. The van der Waals surface area contributed by atoms with Crippen LogP contribution >= 0.6 is 0 Å². The summed E-state index contributed by atoms with van der Waals surface area (Å²) < 4.78 is 40.0. The second kappa shape index (κ2) is 6.04. The zero-order valence-corrected chi connectivity index (χ0v) is 9.16. The zero-order chi connectivity index (χ0) is 13.6. The van der Waals surface area contributed by atoms with E-state index in [1.54, 1.807) is 30.3 Å². The van der Waals surface area contributed by atoms with Gasteiger partial charge < -0.3 is 10.1 Å². The molecule has 0 aromatic heterocycles. The average Bonchev–Trinajstić information content (AvgIpc) is 2.33. The van der Waals surface area contributed by atoms with Crippen molar-refractivity contribution in [2.45, 2.75) is 12.8 Å². The third kappa shape index (κ3) is 4.86. The molecule has 0 atom stereocenters. The molecule has 0 fully saturated rings. The van der Waals surface area contributed by atoms with E-state index in [4.69, 9.17) is 0 Å². The minimum absolute atomic E-state index is 0.0540. The van der Waals surface area contributed by atoms with Gasteiger partial charge >= 0.3 is 18.1 Å². The monoisotopic (exact) mass is 261 g/mol. The maximum atomic E-state index is 11.8. The van der Waals surface area contributed by atoms with E-state index in [-0.39, 0.29) is 6.61 Å². The maximum Gasteiger partial charge on any atom is 0.471 e. The molecule has 1 rings (SSSR count). The fourth-order valence-corrected chi connectivity index (χ4v) is 1.04. The summed E-state index contributed by atoms with van der Waals surface area (Å²) in [4.78, 5) is 21.4. The highest BCUT2D eigenvalue weighted by Crippen LogP contribution is 2.13. The van der Waals surface area contributed by atoms with Gasteiger partial charge in [0.2, 0.25) is 0 Å². The Labute approximate surface area is 101 Å². The number of hydrogen-bond acceptors (Lipinski definition) is 3. The zero-order valence-electron chi connectivity index (χ0n) is 9.16. The van der Waals surface area contributed by atoms with Crippen LogP contribution in [0.5, 0.6) is 0 Å². The van der Waals surface area contributed by atoms with Crippen molar-refractivity contribution in [2.75, 3.05) is 6.54 Å². The molecule has 0 aliphatic carbocycles. The summed E-state index contributed by atoms with van der Waals surface area (Å²) in [7, 11) is 0. The number of nitrogens with one attached hydrogen (secondary N) is 1. The molecule has 1 aromatic rings.